The minimum absolute atomic E-state index is 0.397. The van der Waals surface area contributed by atoms with Gasteiger partial charge >= 0.3 is 0 Å². The van der Waals surface area contributed by atoms with Gasteiger partial charge in [0, 0.05) is 5.02 Å². The van der Waals surface area contributed by atoms with Gasteiger partial charge < -0.3 is 10.5 Å². The fourth-order valence-electron chi connectivity index (χ4n) is 2.09. The molecule has 1 fully saturated rings. The molecule has 0 aliphatic heterocycles. The lowest BCUT2D eigenvalue weighted by Crippen LogP contribution is -2.25. The third-order valence-corrected chi connectivity index (χ3v) is 3.68. The van der Waals surface area contributed by atoms with Crippen molar-refractivity contribution < 1.29 is 4.74 Å². The maximum Gasteiger partial charge on any atom is 0.123 e. The van der Waals surface area contributed by atoms with Gasteiger partial charge in [0.1, 0.15) is 5.75 Å². The summed E-state index contributed by atoms with van der Waals surface area (Å²) in [6.07, 6.45) is 4.99. The SMILES string of the molecule is CC(CCN)c1cc(Cl)ccc1OC1CCC1. The number of nitrogens with two attached hydrogens (primary N) is 1. The lowest BCUT2D eigenvalue weighted by atomic mass is 9.94. The molecule has 0 radical (unpaired) electrons. The summed E-state index contributed by atoms with van der Waals surface area (Å²) in [6, 6.07) is 5.90. The van der Waals surface area contributed by atoms with E-state index < -0.39 is 0 Å². The van der Waals surface area contributed by atoms with E-state index in [1.807, 2.05) is 18.2 Å². The van der Waals surface area contributed by atoms with E-state index >= 15 is 0 Å². The van der Waals surface area contributed by atoms with Crippen LogP contribution in [0.15, 0.2) is 18.2 Å². The maximum atomic E-state index is 6.06. The molecular formula is C14H20ClNO. The normalized spacial score (nSPS) is 17.6. The summed E-state index contributed by atoms with van der Waals surface area (Å²) in [5.41, 5.74) is 6.81. The zero-order chi connectivity index (χ0) is 12.3. The average Bonchev–Trinajstić information content (AvgIpc) is 2.25. The standard InChI is InChI=1S/C14H20ClNO/c1-10(7-8-16)13-9-11(15)5-6-14(13)17-12-3-2-4-12/h5-6,9-10,12H,2-4,7-8,16H2,1H3. The van der Waals surface area contributed by atoms with Gasteiger partial charge in [-0.25, -0.2) is 0 Å². The minimum atomic E-state index is 0.397. The fourth-order valence-corrected chi connectivity index (χ4v) is 2.27. The van der Waals surface area contributed by atoms with E-state index in [0.29, 0.717) is 18.6 Å². The molecule has 2 N–H and O–H groups in total. The second-order valence-corrected chi connectivity index (χ2v) is 5.27. The summed E-state index contributed by atoms with van der Waals surface area (Å²) in [6.45, 7) is 2.86. The smallest absolute Gasteiger partial charge is 0.123 e. The van der Waals surface area contributed by atoms with Gasteiger partial charge in [-0.15, -0.1) is 0 Å². The summed E-state index contributed by atoms with van der Waals surface area (Å²) >= 11 is 6.06. The van der Waals surface area contributed by atoms with Crippen molar-refractivity contribution in [2.45, 2.75) is 44.6 Å². The lowest BCUT2D eigenvalue weighted by Gasteiger charge is -2.28. The number of ether oxygens (including phenoxy) is 1. The number of benzene rings is 1. The van der Waals surface area contributed by atoms with E-state index in [4.69, 9.17) is 22.1 Å². The molecule has 2 rings (SSSR count). The monoisotopic (exact) mass is 253 g/mol. The van der Waals surface area contributed by atoms with Gasteiger partial charge in [0.15, 0.2) is 0 Å². The Balaban J connectivity index is 2.16. The predicted octanol–water partition coefficient (Wildman–Crippen LogP) is 3.72. The summed E-state index contributed by atoms with van der Waals surface area (Å²) in [5.74, 6) is 1.38. The van der Waals surface area contributed by atoms with Crippen molar-refractivity contribution >= 4 is 11.6 Å². The van der Waals surface area contributed by atoms with Crippen molar-refractivity contribution in [2.75, 3.05) is 6.54 Å². The Kier molecular flexibility index (Phi) is 4.30. The summed E-state index contributed by atoms with van der Waals surface area (Å²) in [4.78, 5) is 0. The second kappa shape index (κ2) is 5.74. The van der Waals surface area contributed by atoms with Crippen LogP contribution >= 0.6 is 11.6 Å². The highest BCUT2D eigenvalue weighted by molar-refractivity contribution is 6.30. The molecule has 1 aliphatic rings. The molecule has 0 aromatic heterocycles. The number of hydrogen-bond acceptors (Lipinski definition) is 2. The van der Waals surface area contributed by atoms with E-state index in [1.165, 1.54) is 24.8 Å². The topological polar surface area (TPSA) is 35.2 Å². The van der Waals surface area contributed by atoms with Crippen molar-refractivity contribution in [3.8, 4) is 5.75 Å². The molecule has 1 saturated carbocycles. The highest BCUT2D eigenvalue weighted by Crippen LogP contribution is 2.34. The molecule has 17 heavy (non-hydrogen) atoms. The molecule has 0 bridgehead atoms. The van der Waals surface area contributed by atoms with Crippen molar-refractivity contribution in [2.24, 2.45) is 5.73 Å². The quantitative estimate of drug-likeness (QED) is 0.868. The molecule has 1 atom stereocenters. The molecule has 94 valence electrons. The van der Waals surface area contributed by atoms with Gasteiger partial charge in [-0.1, -0.05) is 18.5 Å². The largest absolute Gasteiger partial charge is 0.490 e. The molecule has 0 heterocycles. The predicted molar refractivity (Wildman–Crippen MR) is 71.8 cm³/mol. The first-order chi connectivity index (χ1) is 8.20. The van der Waals surface area contributed by atoms with E-state index in [2.05, 4.69) is 6.92 Å². The van der Waals surface area contributed by atoms with Gasteiger partial charge in [0.05, 0.1) is 6.10 Å². The maximum absolute atomic E-state index is 6.06. The first-order valence-corrected chi connectivity index (χ1v) is 6.74. The molecule has 3 heteroatoms. The van der Waals surface area contributed by atoms with Crippen LogP contribution in [-0.2, 0) is 0 Å². The van der Waals surface area contributed by atoms with Gasteiger partial charge in [0.2, 0.25) is 0 Å². The fraction of sp³-hybridized carbons (Fsp3) is 0.571. The highest BCUT2D eigenvalue weighted by Gasteiger charge is 2.21. The molecule has 1 aromatic carbocycles. The highest BCUT2D eigenvalue weighted by atomic mass is 35.5. The third kappa shape index (κ3) is 3.14. The van der Waals surface area contributed by atoms with Crippen LogP contribution in [0.4, 0.5) is 0 Å². The van der Waals surface area contributed by atoms with Crippen LogP contribution in [0.3, 0.4) is 0 Å². The van der Waals surface area contributed by atoms with E-state index in [1.54, 1.807) is 0 Å². The van der Waals surface area contributed by atoms with E-state index in [0.717, 1.165) is 17.2 Å². The van der Waals surface area contributed by atoms with Crippen molar-refractivity contribution in [1.82, 2.24) is 0 Å². The van der Waals surface area contributed by atoms with Crippen LogP contribution in [0, 0.1) is 0 Å². The average molecular weight is 254 g/mol. The van der Waals surface area contributed by atoms with Crippen LogP contribution in [0.25, 0.3) is 0 Å². The Hall–Kier alpha value is -0.730. The Labute approximate surface area is 108 Å². The molecular weight excluding hydrogens is 234 g/mol. The van der Waals surface area contributed by atoms with Crippen molar-refractivity contribution in [3.63, 3.8) is 0 Å². The molecule has 0 amide bonds. The first kappa shape index (κ1) is 12.7. The van der Waals surface area contributed by atoms with Crippen molar-refractivity contribution in [3.05, 3.63) is 28.8 Å². The summed E-state index contributed by atoms with van der Waals surface area (Å²) < 4.78 is 6.00. The second-order valence-electron chi connectivity index (χ2n) is 4.83. The number of halogens is 1. The zero-order valence-electron chi connectivity index (χ0n) is 10.3. The molecule has 1 aliphatic carbocycles. The first-order valence-electron chi connectivity index (χ1n) is 6.37. The minimum Gasteiger partial charge on any atom is -0.490 e. The van der Waals surface area contributed by atoms with Gasteiger partial charge in [0.25, 0.3) is 0 Å². The van der Waals surface area contributed by atoms with Gasteiger partial charge in [-0.05, 0) is 61.9 Å². The lowest BCUT2D eigenvalue weighted by molar-refractivity contribution is 0.118. The van der Waals surface area contributed by atoms with Crippen LogP contribution in [0.2, 0.25) is 5.02 Å². The van der Waals surface area contributed by atoms with Gasteiger partial charge in [-0.2, -0.15) is 0 Å². The molecule has 0 saturated heterocycles. The Morgan fingerprint density at radius 2 is 2.24 bits per heavy atom. The third-order valence-electron chi connectivity index (χ3n) is 3.45. The summed E-state index contributed by atoms with van der Waals surface area (Å²) in [7, 11) is 0. The van der Waals surface area contributed by atoms with Crippen LogP contribution in [-0.4, -0.2) is 12.6 Å². The summed E-state index contributed by atoms with van der Waals surface area (Å²) in [5, 5.41) is 0.768. The molecule has 2 nitrogen and oxygen atoms in total. The molecule has 1 aromatic rings. The molecule has 1 unspecified atom stereocenters. The Bertz CT molecular complexity index is 376. The van der Waals surface area contributed by atoms with Gasteiger partial charge in [-0.3, -0.25) is 0 Å². The zero-order valence-corrected chi connectivity index (χ0v) is 11.0. The Morgan fingerprint density at radius 3 is 2.82 bits per heavy atom. The van der Waals surface area contributed by atoms with Crippen LogP contribution < -0.4 is 10.5 Å². The van der Waals surface area contributed by atoms with E-state index in [9.17, 15) is 0 Å². The number of rotatable bonds is 5. The van der Waals surface area contributed by atoms with Crippen LogP contribution in [0.1, 0.15) is 44.1 Å². The van der Waals surface area contributed by atoms with Crippen LogP contribution in [0.5, 0.6) is 5.75 Å². The van der Waals surface area contributed by atoms with Crippen molar-refractivity contribution in [1.29, 1.82) is 0 Å². The Morgan fingerprint density at radius 1 is 1.47 bits per heavy atom. The van der Waals surface area contributed by atoms with E-state index in [-0.39, 0.29) is 0 Å². The molecule has 0 spiro atoms. The number of hydrogen-bond donors (Lipinski definition) is 1.